The summed E-state index contributed by atoms with van der Waals surface area (Å²) in [6.45, 7) is -0.0367. The zero-order valence-electron chi connectivity index (χ0n) is 8.28. The molecule has 1 aromatic rings. The average Bonchev–Trinajstić information content (AvgIpc) is 2.16. The Morgan fingerprint density at radius 1 is 1.56 bits per heavy atom. The molecule has 16 heavy (non-hydrogen) atoms. The molecule has 0 spiro atoms. The molecule has 0 fully saturated rings. The summed E-state index contributed by atoms with van der Waals surface area (Å²) < 4.78 is 24.8. The van der Waals surface area contributed by atoms with E-state index in [0.29, 0.717) is 5.56 Å². The van der Waals surface area contributed by atoms with Gasteiger partial charge in [0.2, 0.25) is 0 Å². The van der Waals surface area contributed by atoms with Gasteiger partial charge in [0.1, 0.15) is 5.69 Å². The van der Waals surface area contributed by atoms with Crippen LogP contribution in [0.1, 0.15) is 23.4 Å². The Hall–Kier alpha value is -1.76. The van der Waals surface area contributed by atoms with E-state index in [9.17, 15) is 13.6 Å². The highest BCUT2D eigenvalue weighted by Gasteiger charge is 2.17. The lowest BCUT2D eigenvalue weighted by molar-refractivity contribution is -0.136. The number of nitrogen functional groups attached to an aromatic ring is 1. The Balaban J connectivity index is 3.24. The fourth-order valence-electron chi connectivity index (χ4n) is 1.31. The van der Waals surface area contributed by atoms with Gasteiger partial charge in [-0.2, -0.15) is 0 Å². The second kappa shape index (κ2) is 4.84. The molecule has 0 saturated heterocycles. The van der Waals surface area contributed by atoms with Crippen molar-refractivity contribution in [2.24, 2.45) is 5.73 Å². The van der Waals surface area contributed by atoms with Gasteiger partial charge in [0, 0.05) is 17.8 Å². The third-order valence-electron chi connectivity index (χ3n) is 2.01. The predicted molar refractivity (Wildman–Crippen MR) is 52.8 cm³/mol. The molecule has 0 saturated carbocycles. The summed E-state index contributed by atoms with van der Waals surface area (Å²) in [6.07, 6.45) is -3.27. The monoisotopic (exact) mass is 231 g/mol. The number of aromatic nitrogens is 1. The Bertz CT molecular complexity index is 410. The van der Waals surface area contributed by atoms with Crippen LogP contribution in [-0.4, -0.2) is 16.1 Å². The highest BCUT2D eigenvalue weighted by molar-refractivity contribution is 5.71. The van der Waals surface area contributed by atoms with Crippen molar-refractivity contribution in [2.45, 2.75) is 19.4 Å². The first kappa shape index (κ1) is 12.3. The molecule has 0 aliphatic carbocycles. The van der Waals surface area contributed by atoms with E-state index in [1.54, 1.807) is 0 Å². The molecule has 0 aromatic carbocycles. The van der Waals surface area contributed by atoms with Crippen LogP contribution >= 0.6 is 0 Å². The maximum absolute atomic E-state index is 12.4. The van der Waals surface area contributed by atoms with Crippen molar-refractivity contribution in [3.63, 3.8) is 0 Å². The number of nitrogens with two attached hydrogens (primary N) is 2. The molecular weight excluding hydrogens is 220 g/mol. The van der Waals surface area contributed by atoms with Crippen molar-refractivity contribution in [1.29, 1.82) is 0 Å². The number of halogens is 2. The van der Waals surface area contributed by atoms with Gasteiger partial charge < -0.3 is 16.6 Å². The molecule has 0 amide bonds. The summed E-state index contributed by atoms with van der Waals surface area (Å²) in [5.74, 6) is -1.17. The molecule has 0 aliphatic rings. The Morgan fingerprint density at radius 2 is 2.19 bits per heavy atom. The number of carboxylic acid groups (broad SMARTS) is 1. The van der Waals surface area contributed by atoms with Gasteiger partial charge in [-0.1, -0.05) is 0 Å². The second-order valence-electron chi connectivity index (χ2n) is 3.14. The standard InChI is InChI=1S/C9H11F2N3O2/c10-9(11)7-1-5(13)4(3-12)6(14-7)2-8(15)16/h1,9H,2-3,12H2,(H2,13,14)(H,15,16). The lowest BCUT2D eigenvalue weighted by atomic mass is 10.1. The number of aliphatic carboxylic acids is 1. The van der Waals surface area contributed by atoms with Gasteiger partial charge in [0.05, 0.1) is 12.1 Å². The predicted octanol–water partition coefficient (Wildman–Crippen LogP) is 0.687. The van der Waals surface area contributed by atoms with Gasteiger partial charge in [-0.25, -0.2) is 8.78 Å². The van der Waals surface area contributed by atoms with Gasteiger partial charge in [0.25, 0.3) is 6.43 Å². The molecule has 1 rings (SSSR count). The minimum Gasteiger partial charge on any atom is -0.481 e. The molecule has 1 aromatic heterocycles. The number of hydrogen-bond donors (Lipinski definition) is 3. The number of nitrogens with zero attached hydrogens (tertiary/aromatic N) is 1. The largest absolute Gasteiger partial charge is 0.481 e. The second-order valence-corrected chi connectivity index (χ2v) is 3.14. The molecule has 5 nitrogen and oxygen atoms in total. The molecule has 5 N–H and O–H groups in total. The lowest BCUT2D eigenvalue weighted by Crippen LogP contribution is -2.13. The Labute approximate surface area is 90.1 Å². The van der Waals surface area contributed by atoms with E-state index in [1.807, 2.05) is 0 Å². The van der Waals surface area contributed by atoms with Crippen LogP contribution in [0.15, 0.2) is 6.07 Å². The minimum absolute atomic E-state index is 0.00898. The van der Waals surface area contributed by atoms with Gasteiger partial charge >= 0.3 is 5.97 Å². The Morgan fingerprint density at radius 3 is 2.62 bits per heavy atom. The summed E-state index contributed by atoms with van der Waals surface area (Å²) in [7, 11) is 0. The number of rotatable bonds is 4. The maximum atomic E-state index is 12.4. The summed E-state index contributed by atoms with van der Waals surface area (Å²) in [5.41, 5.74) is 10.7. The smallest absolute Gasteiger partial charge is 0.309 e. The van der Waals surface area contributed by atoms with E-state index < -0.39 is 24.5 Å². The number of hydrogen-bond acceptors (Lipinski definition) is 4. The number of carboxylic acids is 1. The summed E-state index contributed by atoms with van der Waals surface area (Å²) in [5, 5.41) is 8.60. The molecule has 7 heteroatoms. The van der Waals surface area contributed by atoms with E-state index in [4.69, 9.17) is 16.6 Å². The van der Waals surface area contributed by atoms with Crippen LogP contribution in [0.3, 0.4) is 0 Å². The van der Waals surface area contributed by atoms with E-state index in [-0.39, 0.29) is 17.9 Å². The van der Waals surface area contributed by atoms with Gasteiger partial charge in [-0.15, -0.1) is 0 Å². The van der Waals surface area contributed by atoms with Crippen LogP contribution in [0.5, 0.6) is 0 Å². The normalized spacial score (nSPS) is 10.8. The SMILES string of the molecule is NCc1c(N)cc(C(F)F)nc1CC(=O)O. The van der Waals surface area contributed by atoms with Crippen molar-refractivity contribution >= 4 is 11.7 Å². The van der Waals surface area contributed by atoms with Crippen LogP contribution in [-0.2, 0) is 17.8 Å². The zero-order chi connectivity index (χ0) is 12.3. The van der Waals surface area contributed by atoms with Crippen LogP contribution in [0, 0.1) is 0 Å². The summed E-state index contributed by atoms with van der Waals surface area (Å²) in [6, 6.07) is 1.01. The average molecular weight is 231 g/mol. The maximum Gasteiger partial charge on any atom is 0.309 e. The third-order valence-corrected chi connectivity index (χ3v) is 2.01. The Kier molecular flexibility index (Phi) is 3.73. The van der Waals surface area contributed by atoms with Gasteiger partial charge in [-0.3, -0.25) is 9.78 Å². The van der Waals surface area contributed by atoms with Crippen molar-refractivity contribution in [1.82, 2.24) is 4.98 Å². The molecule has 0 bridgehead atoms. The molecular formula is C9H11F2N3O2. The minimum atomic E-state index is -2.79. The number of pyridine rings is 1. The van der Waals surface area contributed by atoms with E-state index in [1.165, 1.54) is 0 Å². The highest BCUT2D eigenvalue weighted by Crippen LogP contribution is 2.23. The third kappa shape index (κ3) is 2.63. The quantitative estimate of drug-likeness (QED) is 0.707. The molecule has 88 valence electrons. The first-order valence-electron chi connectivity index (χ1n) is 4.43. The summed E-state index contributed by atoms with van der Waals surface area (Å²) >= 11 is 0. The van der Waals surface area contributed by atoms with Crippen molar-refractivity contribution in [3.05, 3.63) is 23.0 Å². The molecule has 0 radical (unpaired) electrons. The fourth-order valence-corrected chi connectivity index (χ4v) is 1.31. The molecule has 1 heterocycles. The summed E-state index contributed by atoms with van der Waals surface area (Å²) in [4.78, 5) is 14.1. The van der Waals surface area contributed by atoms with Crippen LogP contribution in [0.4, 0.5) is 14.5 Å². The first-order chi connectivity index (χ1) is 7.45. The lowest BCUT2D eigenvalue weighted by Gasteiger charge is -2.10. The molecule has 0 unspecified atom stereocenters. The topological polar surface area (TPSA) is 102 Å². The number of carbonyl (C=O) groups is 1. The number of anilines is 1. The molecule has 0 atom stereocenters. The van der Waals surface area contributed by atoms with E-state index >= 15 is 0 Å². The van der Waals surface area contributed by atoms with Gasteiger partial charge in [0.15, 0.2) is 0 Å². The van der Waals surface area contributed by atoms with Crippen molar-refractivity contribution < 1.29 is 18.7 Å². The van der Waals surface area contributed by atoms with Crippen LogP contribution in [0.2, 0.25) is 0 Å². The van der Waals surface area contributed by atoms with E-state index in [0.717, 1.165) is 6.07 Å². The fraction of sp³-hybridized carbons (Fsp3) is 0.333. The van der Waals surface area contributed by atoms with Crippen LogP contribution < -0.4 is 11.5 Å². The van der Waals surface area contributed by atoms with Crippen molar-refractivity contribution in [2.75, 3.05) is 5.73 Å². The highest BCUT2D eigenvalue weighted by atomic mass is 19.3. The van der Waals surface area contributed by atoms with Crippen molar-refractivity contribution in [3.8, 4) is 0 Å². The number of alkyl halides is 2. The molecule has 0 aliphatic heterocycles. The van der Waals surface area contributed by atoms with Gasteiger partial charge in [-0.05, 0) is 6.07 Å². The zero-order valence-corrected chi connectivity index (χ0v) is 8.28. The first-order valence-corrected chi connectivity index (χ1v) is 4.43. The van der Waals surface area contributed by atoms with Crippen LogP contribution in [0.25, 0.3) is 0 Å². The van der Waals surface area contributed by atoms with E-state index in [2.05, 4.69) is 4.98 Å².